The third-order valence-corrected chi connectivity index (χ3v) is 5.26. The fraction of sp³-hybridized carbons (Fsp3) is 0.263. The quantitative estimate of drug-likeness (QED) is 0.796. The lowest BCUT2D eigenvalue weighted by atomic mass is 10.0. The maximum Gasteiger partial charge on any atom is 0.336 e. The molecule has 7 heteroatoms. The lowest BCUT2D eigenvalue weighted by Crippen LogP contribution is -2.24. The minimum absolute atomic E-state index is 0.229. The van der Waals surface area contributed by atoms with Gasteiger partial charge in [0.15, 0.2) is 0 Å². The van der Waals surface area contributed by atoms with Crippen LogP contribution in [0, 0.1) is 0 Å². The Morgan fingerprint density at radius 3 is 2.35 bits per heavy atom. The van der Waals surface area contributed by atoms with Gasteiger partial charge < -0.3 is 19.7 Å². The van der Waals surface area contributed by atoms with Crippen LogP contribution in [0.4, 0.5) is 0 Å². The Morgan fingerprint density at radius 1 is 1.08 bits per heavy atom. The predicted molar refractivity (Wildman–Crippen MR) is 97.5 cm³/mol. The van der Waals surface area contributed by atoms with Crippen molar-refractivity contribution in [3.8, 4) is 0 Å². The van der Waals surface area contributed by atoms with Crippen LogP contribution in [0.5, 0.6) is 0 Å². The lowest BCUT2D eigenvalue weighted by Gasteiger charge is -2.24. The molecular formula is C19H18O6S. The molecule has 2 heterocycles. The summed E-state index contributed by atoms with van der Waals surface area (Å²) in [5.41, 5.74) is 1.09. The molecule has 26 heavy (non-hydrogen) atoms. The zero-order valence-corrected chi connectivity index (χ0v) is 14.9. The highest BCUT2D eigenvalue weighted by Gasteiger charge is 2.37. The van der Waals surface area contributed by atoms with Crippen molar-refractivity contribution in [1.29, 1.82) is 0 Å². The van der Waals surface area contributed by atoms with Crippen LogP contribution >= 0.6 is 11.3 Å². The predicted octanol–water partition coefficient (Wildman–Crippen LogP) is 3.92. The van der Waals surface area contributed by atoms with E-state index in [4.69, 9.17) is 14.6 Å². The molecule has 1 fully saturated rings. The minimum atomic E-state index is -1.27. The van der Waals surface area contributed by atoms with Crippen LogP contribution in [-0.4, -0.2) is 35.4 Å². The van der Waals surface area contributed by atoms with Gasteiger partial charge in [-0.05, 0) is 34.7 Å². The molecule has 0 unspecified atom stereocenters. The van der Waals surface area contributed by atoms with Crippen LogP contribution in [0.25, 0.3) is 12.2 Å². The molecule has 136 valence electrons. The number of carboxylic acid groups (broad SMARTS) is 2. The second-order valence-electron chi connectivity index (χ2n) is 5.80. The highest BCUT2D eigenvalue weighted by atomic mass is 32.1. The summed E-state index contributed by atoms with van der Waals surface area (Å²) < 4.78 is 11.5. The van der Waals surface area contributed by atoms with Crippen molar-refractivity contribution in [2.24, 2.45) is 0 Å². The van der Waals surface area contributed by atoms with Crippen LogP contribution in [0.1, 0.15) is 50.1 Å². The van der Waals surface area contributed by atoms with Gasteiger partial charge >= 0.3 is 11.9 Å². The highest BCUT2D eigenvalue weighted by molar-refractivity contribution is 7.10. The average Bonchev–Trinajstić information content (AvgIpc) is 3.29. The number of aromatic carboxylic acids is 2. The van der Waals surface area contributed by atoms with Crippen molar-refractivity contribution in [3.63, 3.8) is 0 Å². The van der Waals surface area contributed by atoms with E-state index < -0.39 is 17.7 Å². The zero-order chi connectivity index (χ0) is 18.7. The van der Waals surface area contributed by atoms with E-state index in [1.165, 1.54) is 12.1 Å². The van der Waals surface area contributed by atoms with Crippen LogP contribution in [-0.2, 0) is 15.3 Å². The van der Waals surface area contributed by atoms with Gasteiger partial charge in [0.25, 0.3) is 0 Å². The first-order valence-electron chi connectivity index (χ1n) is 8.11. The largest absolute Gasteiger partial charge is 0.478 e. The molecule has 1 saturated heterocycles. The first-order chi connectivity index (χ1) is 12.4. The van der Waals surface area contributed by atoms with Gasteiger partial charge in [0, 0.05) is 6.42 Å². The van der Waals surface area contributed by atoms with Crippen LogP contribution in [0.2, 0.25) is 0 Å². The summed E-state index contributed by atoms with van der Waals surface area (Å²) in [6.45, 7) is 3.16. The van der Waals surface area contributed by atoms with E-state index in [9.17, 15) is 14.7 Å². The fourth-order valence-electron chi connectivity index (χ4n) is 2.83. The molecule has 0 aliphatic carbocycles. The molecule has 2 N–H and O–H groups in total. The number of carbonyl (C=O) groups is 2. The molecule has 6 nitrogen and oxygen atoms in total. The molecule has 0 amide bonds. The van der Waals surface area contributed by atoms with Crippen molar-refractivity contribution in [1.82, 2.24) is 0 Å². The van der Waals surface area contributed by atoms with E-state index in [1.807, 2.05) is 24.4 Å². The summed E-state index contributed by atoms with van der Waals surface area (Å²) in [6.07, 6.45) is 4.31. The monoisotopic (exact) mass is 374 g/mol. The number of ether oxygens (including phenoxy) is 2. The number of hydrogen-bond acceptors (Lipinski definition) is 5. The van der Waals surface area contributed by atoms with Gasteiger partial charge in [0.05, 0.1) is 29.2 Å². The van der Waals surface area contributed by atoms with Crippen molar-refractivity contribution < 1.29 is 29.3 Å². The highest BCUT2D eigenvalue weighted by Crippen LogP contribution is 2.38. The maximum atomic E-state index is 11.3. The van der Waals surface area contributed by atoms with Crippen LogP contribution < -0.4 is 0 Å². The van der Waals surface area contributed by atoms with E-state index in [2.05, 4.69) is 0 Å². The van der Waals surface area contributed by atoms with Crippen LogP contribution in [0.3, 0.4) is 0 Å². The molecule has 1 aromatic heterocycles. The van der Waals surface area contributed by atoms with E-state index in [0.717, 1.165) is 16.9 Å². The Hall–Kier alpha value is -2.48. The topological polar surface area (TPSA) is 93.1 Å². The van der Waals surface area contributed by atoms with E-state index in [-0.39, 0.29) is 11.1 Å². The summed E-state index contributed by atoms with van der Waals surface area (Å²) in [7, 11) is 0. The van der Waals surface area contributed by atoms with Crippen molar-refractivity contribution in [2.75, 3.05) is 13.2 Å². The van der Waals surface area contributed by atoms with Crippen molar-refractivity contribution >= 4 is 35.4 Å². The average molecular weight is 374 g/mol. The number of rotatable bonds is 6. The van der Waals surface area contributed by atoms with Crippen LogP contribution in [0.15, 0.2) is 29.6 Å². The van der Waals surface area contributed by atoms with Gasteiger partial charge in [-0.1, -0.05) is 25.1 Å². The molecule has 0 atom stereocenters. The molecule has 3 rings (SSSR count). The smallest absolute Gasteiger partial charge is 0.336 e. The fourth-order valence-corrected chi connectivity index (χ4v) is 3.89. The number of carboxylic acids is 2. The van der Waals surface area contributed by atoms with Gasteiger partial charge in [-0.15, -0.1) is 11.3 Å². The lowest BCUT2D eigenvalue weighted by molar-refractivity contribution is -0.164. The summed E-state index contributed by atoms with van der Waals surface area (Å²) in [5.74, 6) is -3.20. The SMILES string of the molecule is CCC1(c2cc(/C=C/c3ccc(C(=O)O)c(C(=O)O)c3)cs2)OCCO1. The van der Waals surface area contributed by atoms with Crippen molar-refractivity contribution in [2.45, 2.75) is 19.1 Å². The second-order valence-corrected chi connectivity index (χ2v) is 6.71. The van der Waals surface area contributed by atoms with Gasteiger partial charge in [-0.3, -0.25) is 0 Å². The Labute approximate surface area is 154 Å². The van der Waals surface area contributed by atoms with E-state index in [0.29, 0.717) is 18.8 Å². The maximum absolute atomic E-state index is 11.3. The number of thiophene rings is 1. The normalized spacial score (nSPS) is 16.2. The number of hydrogen-bond donors (Lipinski definition) is 2. The third kappa shape index (κ3) is 3.55. The third-order valence-electron chi connectivity index (χ3n) is 4.19. The van der Waals surface area contributed by atoms with Gasteiger partial charge in [-0.2, -0.15) is 0 Å². The molecule has 0 saturated carbocycles. The Kier molecular flexibility index (Phi) is 5.22. The standard InChI is InChI=1S/C19H18O6S/c1-2-19(24-7-8-25-19)16-10-13(11-26-16)4-3-12-5-6-14(17(20)21)15(9-12)18(22)23/h3-6,9-11H,2,7-8H2,1H3,(H,20,21)(H,22,23)/b4-3+. The summed E-state index contributed by atoms with van der Waals surface area (Å²) in [6, 6.07) is 6.22. The summed E-state index contributed by atoms with van der Waals surface area (Å²) >= 11 is 1.55. The molecule has 0 spiro atoms. The molecule has 1 aliphatic rings. The molecular weight excluding hydrogens is 356 g/mol. The minimum Gasteiger partial charge on any atom is -0.478 e. The molecule has 2 aromatic rings. The molecule has 1 aliphatic heterocycles. The number of benzene rings is 1. The van der Waals surface area contributed by atoms with Gasteiger partial charge in [-0.25, -0.2) is 9.59 Å². The molecule has 0 bridgehead atoms. The Morgan fingerprint density at radius 2 is 1.73 bits per heavy atom. The summed E-state index contributed by atoms with van der Waals surface area (Å²) in [4.78, 5) is 23.3. The Bertz CT molecular complexity index is 861. The molecule has 0 radical (unpaired) electrons. The van der Waals surface area contributed by atoms with E-state index in [1.54, 1.807) is 23.5 Å². The zero-order valence-electron chi connectivity index (χ0n) is 14.1. The Balaban J connectivity index is 1.84. The first kappa shape index (κ1) is 18.3. The van der Waals surface area contributed by atoms with Gasteiger partial charge in [0.1, 0.15) is 0 Å². The molecule has 1 aromatic carbocycles. The summed E-state index contributed by atoms with van der Waals surface area (Å²) in [5, 5.41) is 20.2. The van der Waals surface area contributed by atoms with E-state index >= 15 is 0 Å². The second kappa shape index (κ2) is 7.41. The van der Waals surface area contributed by atoms with Crippen molar-refractivity contribution in [3.05, 3.63) is 56.8 Å². The van der Waals surface area contributed by atoms with Gasteiger partial charge in [0.2, 0.25) is 5.79 Å². The first-order valence-corrected chi connectivity index (χ1v) is 8.99.